The van der Waals surface area contributed by atoms with Gasteiger partial charge in [-0.05, 0) is 25.1 Å². The Morgan fingerprint density at radius 2 is 1.79 bits per heavy atom. The second-order valence-corrected chi connectivity index (χ2v) is 6.71. The molecular formula is C20H19N5O3. The lowest BCUT2D eigenvalue weighted by molar-refractivity contribution is -0.383. The van der Waals surface area contributed by atoms with Crippen LogP contribution in [0.4, 0.5) is 11.5 Å². The van der Waals surface area contributed by atoms with E-state index in [4.69, 9.17) is 0 Å². The summed E-state index contributed by atoms with van der Waals surface area (Å²) < 4.78 is 0. The summed E-state index contributed by atoms with van der Waals surface area (Å²) in [5.74, 6) is 0.688. The molecule has 1 amide bonds. The maximum atomic E-state index is 13.1. The molecule has 1 saturated heterocycles. The first-order chi connectivity index (χ1) is 13.6. The fourth-order valence-electron chi connectivity index (χ4n) is 3.59. The van der Waals surface area contributed by atoms with Gasteiger partial charge in [0.15, 0.2) is 0 Å². The minimum Gasteiger partial charge on any atom is -0.353 e. The molecule has 1 aliphatic rings. The molecule has 3 heterocycles. The van der Waals surface area contributed by atoms with Gasteiger partial charge in [0.2, 0.25) is 0 Å². The second kappa shape index (κ2) is 7.22. The van der Waals surface area contributed by atoms with E-state index < -0.39 is 4.92 Å². The van der Waals surface area contributed by atoms with Gasteiger partial charge in [-0.25, -0.2) is 4.98 Å². The number of anilines is 1. The van der Waals surface area contributed by atoms with Crippen molar-refractivity contribution in [1.29, 1.82) is 0 Å². The lowest BCUT2D eigenvalue weighted by Gasteiger charge is -2.35. The van der Waals surface area contributed by atoms with Crippen molar-refractivity contribution >= 4 is 28.2 Å². The van der Waals surface area contributed by atoms with Gasteiger partial charge >= 0.3 is 0 Å². The summed E-state index contributed by atoms with van der Waals surface area (Å²) in [4.78, 5) is 36.6. The molecule has 4 rings (SSSR count). The highest BCUT2D eigenvalue weighted by Crippen LogP contribution is 2.30. The maximum absolute atomic E-state index is 13.1. The zero-order chi connectivity index (χ0) is 19.7. The van der Waals surface area contributed by atoms with E-state index in [2.05, 4.69) is 14.9 Å². The molecule has 0 spiro atoms. The van der Waals surface area contributed by atoms with E-state index in [9.17, 15) is 14.9 Å². The third-order valence-electron chi connectivity index (χ3n) is 5.04. The molecule has 0 bridgehead atoms. The monoisotopic (exact) mass is 377 g/mol. The molecule has 0 atom stereocenters. The van der Waals surface area contributed by atoms with Gasteiger partial charge in [0.1, 0.15) is 11.5 Å². The lowest BCUT2D eigenvalue weighted by Crippen LogP contribution is -2.49. The minimum absolute atomic E-state index is 0.0221. The van der Waals surface area contributed by atoms with Crippen LogP contribution in [0.25, 0.3) is 10.8 Å². The molecule has 0 saturated carbocycles. The Kier molecular flexibility index (Phi) is 4.60. The number of aryl methyl sites for hydroxylation is 1. The van der Waals surface area contributed by atoms with Gasteiger partial charge in [0.25, 0.3) is 11.6 Å². The van der Waals surface area contributed by atoms with Crippen LogP contribution in [-0.4, -0.2) is 51.9 Å². The Labute approximate surface area is 161 Å². The van der Waals surface area contributed by atoms with Crippen LogP contribution >= 0.6 is 0 Å². The highest BCUT2D eigenvalue weighted by Gasteiger charge is 2.26. The molecule has 1 fully saturated rings. The average Bonchev–Trinajstić information content (AvgIpc) is 2.73. The van der Waals surface area contributed by atoms with E-state index in [1.165, 1.54) is 6.20 Å². The van der Waals surface area contributed by atoms with Crippen LogP contribution in [0.5, 0.6) is 0 Å². The number of piperazine rings is 1. The molecule has 8 nitrogen and oxygen atoms in total. The quantitative estimate of drug-likeness (QED) is 0.515. The number of fused-ring (bicyclic) bond motifs is 1. The van der Waals surface area contributed by atoms with Gasteiger partial charge in [-0.1, -0.05) is 18.2 Å². The molecule has 142 valence electrons. The predicted octanol–water partition coefficient (Wildman–Crippen LogP) is 2.81. The van der Waals surface area contributed by atoms with Crippen LogP contribution in [0, 0.1) is 17.0 Å². The van der Waals surface area contributed by atoms with Crippen molar-refractivity contribution in [2.24, 2.45) is 0 Å². The Bertz CT molecular complexity index is 1050. The molecule has 2 aromatic heterocycles. The van der Waals surface area contributed by atoms with Crippen molar-refractivity contribution in [3.63, 3.8) is 0 Å². The summed E-state index contributed by atoms with van der Waals surface area (Å²) in [6.07, 6.45) is 3.22. The molecular weight excluding hydrogens is 358 g/mol. The highest BCUT2D eigenvalue weighted by atomic mass is 16.6. The Morgan fingerprint density at radius 3 is 2.46 bits per heavy atom. The predicted molar refractivity (Wildman–Crippen MR) is 105 cm³/mol. The zero-order valence-electron chi connectivity index (χ0n) is 15.4. The molecule has 3 aromatic rings. The number of nitrogens with zero attached hydrogens (tertiary/aromatic N) is 5. The standard InChI is InChI=1S/C20H19N5O3/c1-14-5-6-15-16(19(14)25(27)28)7-9-22-18(15)20(26)24-12-10-23(11-13-24)17-4-2-3-8-21-17/h2-9H,10-13H2,1H3. The number of carbonyl (C=O) groups excluding carboxylic acids is 1. The summed E-state index contributed by atoms with van der Waals surface area (Å²) in [5.41, 5.74) is 0.840. The molecule has 0 N–H and O–H groups in total. The van der Waals surface area contributed by atoms with Crippen molar-refractivity contribution in [3.05, 3.63) is 70.2 Å². The SMILES string of the molecule is Cc1ccc2c(C(=O)N3CCN(c4ccccn4)CC3)nccc2c1[N+](=O)[O-]. The number of rotatable bonds is 3. The third kappa shape index (κ3) is 3.13. The van der Waals surface area contributed by atoms with E-state index >= 15 is 0 Å². The van der Waals surface area contributed by atoms with E-state index in [0.29, 0.717) is 42.5 Å². The number of nitro groups is 1. The van der Waals surface area contributed by atoms with Crippen molar-refractivity contribution < 1.29 is 9.72 Å². The van der Waals surface area contributed by atoms with Crippen LogP contribution in [0.2, 0.25) is 0 Å². The van der Waals surface area contributed by atoms with Gasteiger partial charge in [-0.15, -0.1) is 0 Å². The average molecular weight is 377 g/mol. The number of carbonyl (C=O) groups is 1. The summed E-state index contributed by atoms with van der Waals surface area (Å²) in [7, 11) is 0. The number of pyridine rings is 2. The normalized spacial score (nSPS) is 14.3. The van der Waals surface area contributed by atoms with Crippen molar-refractivity contribution in [2.45, 2.75) is 6.92 Å². The fourth-order valence-corrected chi connectivity index (χ4v) is 3.59. The molecule has 1 aromatic carbocycles. The van der Waals surface area contributed by atoms with E-state index in [1.54, 1.807) is 36.2 Å². The number of benzene rings is 1. The molecule has 0 radical (unpaired) electrons. The molecule has 28 heavy (non-hydrogen) atoms. The fraction of sp³-hybridized carbons (Fsp3) is 0.250. The van der Waals surface area contributed by atoms with Crippen molar-refractivity contribution in [2.75, 3.05) is 31.1 Å². The second-order valence-electron chi connectivity index (χ2n) is 6.71. The van der Waals surface area contributed by atoms with Gasteiger partial charge in [-0.3, -0.25) is 19.9 Å². The Morgan fingerprint density at radius 1 is 1.00 bits per heavy atom. The van der Waals surface area contributed by atoms with Gasteiger partial charge in [0, 0.05) is 49.5 Å². The summed E-state index contributed by atoms with van der Waals surface area (Å²) in [5, 5.41) is 12.4. The maximum Gasteiger partial charge on any atom is 0.280 e. The lowest BCUT2D eigenvalue weighted by atomic mass is 10.0. The smallest absolute Gasteiger partial charge is 0.280 e. The molecule has 8 heteroatoms. The minimum atomic E-state index is -0.405. The van der Waals surface area contributed by atoms with Gasteiger partial charge < -0.3 is 9.80 Å². The van der Waals surface area contributed by atoms with Crippen LogP contribution in [0.3, 0.4) is 0 Å². The van der Waals surface area contributed by atoms with E-state index in [1.807, 2.05) is 18.2 Å². The van der Waals surface area contributed by atoms with E-state index in [-0.39, 0.29) is 17.3 Å². The largest absolute Gasteiger partial charge is 0.353 e. The Balaban J connectivity index is 1.60. The van der Waals surface area contributed by atoms with E-state index in [0.717, 1.165) is 5.82 Å². The summed E-state index contributed by atoms with van der Waals surface area (Å²) in [6.45, 7) is 4.12. The number of nitro benzene ring substituents is 1. The molecule has 0 aliphatic carbocycles. The third-order valence-corrected chi connectivity index (χ3v) is 5.04. The number of amides is 1. The van der Waals surface area contributed by atoms with Crippen LogP contribution in [0.15, 0.2) is 48.8 Å². The number of hydrogen-bond acceptors (Lipinski definition) is 6. The number of aromatic nitrogens is 2. The first-order valence-corrected chi connectivity index (χ1v) is 9.04. The molecule has 1 aliphatic heterocycles. The molecule has 0 unspecified atom stereocenters. The van der Waals surface area contributed by atoms with Crippen LogP contribution in [0.1, 0.15) is 16.1 Å². The van der Waals surface area contributed by atoms with Crippen molar-refractivity contribution in [3.8, 4) is 0 Å². The first-order valence-electron chi connectivity index (χ1n) is 9.04. The van der Waals surface area contributed by atoms with Crippen LogP contribution in [-0.2, 0) is 0 Å². The van der Waals surface area contributed by atoms with Crippen LogP contribution < -0.4 is 4.90 Å². The highest BCUT2D eigenvalue weighted by molar-refractivity contribution is 6.07. The van der Waals surface area contributed by atoms with Crippen molar-refractivity contribution in [1.82, 2.24) is 14.9 Å². The van der Waals surface area contributed by atoms with Gasteiger partial charge in [-0.2, -0.15) is 0 Å². The topological polar surface area (TPSA) is 92.5 Å². The first kappa shape index (κ1) is 17.8. The summed E-state index contributed by atoms with van der Waals surface area (Å²) in [6, 6.07) is 10.8. The summed E-state index contributed by atoms with van der Waals surface area (Å²) >= 11 is 0. The Hall–Kier alpha value is -3.55. The zero-order valence-corrected chi connectivity index (χ0v) is 15.4. The number of hydrogen-bond donors (Lipinski definition) is 0. The van der Waals surface area contributed by atoms with Gasteiger partial charge in [0.05, 0.1) is 10.3 Å².